The molecule has 0 N–H and O–H groups in total. The van der Waals surface area contributed by atoms with Gasteiger partial charge in [0.15, 0.2) is 11.5 Å². The van der Waals surface area contributed by atoms with Crippen molar-refractivity contribution in [2.24, 2.45) is 0 Å². The Hall–Kier alpha value is -2.48. The Bertz CT molecular complexity index is 1250. The summed E-state index contributed by atoms with van der Waals surface area (Å²) in [6.45, 7) is 8.50. The molecule has 34 heavy (non-hydrogen) atoms. The second-order valence-corrected chi connectivity index (χ2v) is 10.7. The van der Waals surface area contributed by atoms with Gasteiger partial charge in [-0.05, 0) is 87.1 Å². The Kier molecular flexibility index (Phi) is 7.05. The molecule has 0 fully saturated rings. The van der Waals surface area contributed by atoms with Crippen LogP contribution in [-0.2, 0) is 20.2 Å². The fourth-order valence-corrected chi connectivity index (χ4v) is 4.10. The first-order valence-electron chi connectivity index (χ1n) is 9.36. The topological polar surface area (TPSA) is 86.7 Å². The highest BCUT2D eigenvalue weighted by Crippen LogP contribution is 2.46. The summed E-state index contributed by atoms with van der Waals surface area (Å²) in [5, 5.41) is 0. The van der Waals surface area contributed by atoms with Gasteiger partial charge in [-0.3, -0.25) is 0 Å². The molecule has 14 heteroatoms. The van der Waals surface area contributed by atoms with Gasteiger partial charge in [0.05, 0.1) is 0 Å². The van der Waals surface area contributed by atoms with Crippen molar-refractivity contribution in [1.29, 1.82) is 0 Å². The molecule has 0 aromatic heterocycles. The SMILES string of the molecule is Cc1cc(-c2cc(C)c(C)c(C)c2OS(=O)(=O)C(F)(F)F)c(OS(=O)(=O)C(F)(F)F)c(C)c1C. The third-order valence-electron chi connectivity index (χ3n) is 5.44. The smallest absolute Gasteiger partial charge is 0.375 e. The molecular weight excluding hydrogens is 514 g/mol. The largest absolute Gasteiger partial charge is 0.534 e. The van der Waals surface area contributed by atoms with E-state index in [0.29, 0.717) is 22.3 Å². The van der Waals surface area contributed by atoms with Gasteiger partial charge < -0.3 is 8.37 Å². The maximum Gasteiger partial charge on any atom is 0.534 e. The molecule has 0 spiro atoms. The number of hydrogen-bond donors (Lipinski definition) is 0. The van der Waals surface area contributed by atoms with E-state index in [0.717, 1.165) is 0 Å². The normalized spacial score (nSPS) is 13.2. The Balaban J connectivity index is 3.00. The summed E-state index contributed by atoms with van der Waals surface area (Å²) in [4.78, 5) is 0. The van der Waals surface area contributed by atoms with Gasteiger partial charge in [0.2, 0.25) is 0 Å². The van der Waals surface area contributed by atoms with Crippen LogP contribution >= 0.6 is 0 Å². The lowest BCUT2D eigenvalue weighted by Crippen LogP contribution is -2.29. The average Bonchev–Trinajstić information content (AvgIpc) is 2.66. The van der Waals surface area contributed by atoms with E-state index in [1.54, 1.807) is 0 Å². The molecule has 2 rings (SSSR count). The monoisotopic (exact) mass is 534 g/mol. The average molecular weight is 534 g/mol. The molecule has 0 amide bonds. The van der Waals surface area contributed by atoms with Gasteiger partial charge in [-0.25, -0.2) is 0 Å². The number of aryl methyl sites for hydroxylation is 2. The Labute approximate surface area is 192 Å². The number of hydrogen-bond acceptors (Lipinski definition) is 6. The zero-order valence-corrected chi connectivity index (χ0v) is 20.3. The number of benzene rings is 2. The molecule has 0 radical (unpaired) electrons. The van der Waals surface area contributed by atoms with Crippen molar-refractivity contribution in [1.82, 2.24) is 0 Å². The number of rotatable bonds is 5. The molecule has 0 atom stereocenters. The summed E-state index contributed by atoms with van der Waals surface area (Å²) in [6, 6.07) is 2.36. The summed E-state index contributed by atoms with van der Waals surface area (Å²) in [7, 11) is -12.3. The highest BCUT2D eigenvalue weighted by Gasteiger charge is 2.50. The lowest BCUT2D eigenvalue weighted by molar-refractivity contribution is -0.0505. The van der Waals surface area contributed by atoms with Crippen molar-refractivity contribution < 1.29 is 51.5 Å². The molecule has 0 saturated carbocycles. The fourth-order valence-electron chi connectivity index (χ4n) is 3.05. The first-order chi connectivity index (χ1) is 15.1. The summed E-state index contributed by atoms with van der Waals surface area (Å²) in [6.07, 6.45) is 0. The van der Waals surface area contributed by atoms with Crippen LogP contribution in [0.2, 0.25) is 0 Å². The Morgan fingerprint density at radius 2 is 0.824 bits per heavy atom. The van der Waals surface area contributed by atoms with Gasteiger partial charge in [-0.15, -0.1) is 0 Å². The third kappa shape index (κ3) is 4.97. The van der Waals surface area contributed by atoms with Crippen molar-refractivity contribution in [2.75, 3.05) is 0 Å². The van der Waals surface area contributed by atoms with Crippen LogP contribution in [0.1, 0.15) is 33.4 Å². The molecule has 0 heterocycles. The minimum Gasteiger partial charge on any atom is -0.375 e. The Morgan fingerprint density at radius 3 is 1.06 bits per heavy atom. The van der Waals surface area contributed by atoms with E-state index in [1.165, 1.54) is 53.7 Å². The zero-order valence-electron chi connectivity index (χ0n) is 18.7. The summed E-state index contributed by atoms with van der Waals surface area (Å²) >= 11 is 0. The first-order valence-corrected chi connectivity index (χ1v) is 12.2. The van der Waals surface area contributed by atoms with Gasteiger partial charge in [0, 0.05) is 11.1 Å². The van der Waals surface area contributed by atoms with Gasteiger partial charge in [-0.1, -0.05) is 0 Å². The van der Waals surface area contributed by atoms with Crippen LogP contribution in [0.15, 0.2) is 12.1 Å². The molecule has 0 aliphatic rings. The maximum absolute atomic E-state index is 13.0. The molecule has 0 aliphatic heterocycles. The van der Waals surface area contributed by atoms with Crippen molar-refractivity contribution in [3.63, 3.8) is 0 Å². The molecule has 2 aromatic carbocycles. The van der Waals surface area contributed by atoms with E-state index < -0.39 is 53.9 Å². The van der Waals surface area contributed by atoms with Gasteiger partial charge in [-0.2, -0.15) is 43.2 Å². The van der Waals surface area contributed by atoms with Crippen LogP contribution < -0.4 is 8.37 Å². The quantitative estimate of drug-likeness (QED) is 0.280. The van der Waals surface area contributed by atoms with Crippen LogP contribution in [-0.4, -0.2) is 27.9 Å². The molecule has 190 valence electrons. The highest BCUT2D eigenvalue weighted by molar-refractivity contribution is 7.88. The molecule has 0 bridgehead atoms. The predicted octanol–water partition coefficient (Wildman–Crippen LogP) is 5.66. The first kappa shape index (κ1) is 27.8. The molecule has 2 aromatic rings. The Morgan fingerprint density at radius 1 is 0.559 bits per heavy atom. The zero-order chi connectivity index (χ0) is 26.6. The van der Waals surface area contributed by atoms with Crippen LogP contribution in [0, 0.1) is 41.5 Å². The lowest BCUT2D eigenvalue weighted by atomic mass is 9.91. The summed E-state index contributed by atoms with van der Waals surface area (Å²) < 4.78 is 134. The van der Waals surface area contributed by atoms with Crippen LogP contribution in [0.3, 0.4) is 0 Å². The van der Waals surface area contributed by atoms with Crippen molar-refractivity contribution in [3.05, 3.63) is 45.5 Å². The minimum absolute atomic E-state index is 0.0525. The van der Waals surface area contributed by atoms with E-state index in [-0.39, 0.29) is 11.1 Å². The maximum atomic E-state index is 13.0. The molecular formula is C20H20F6O6S2. The molecule has 0 saturated heterocycles. The van der Waals surface area contributed by atoms with Crippen LogP contribution in [0.25, 0.3) is 11.1 Å². The molecule has 0 unspecified atom stereocenters. The van der Waals surface area contributed by atoms with Gasteiger partial charge in [0.1, 0.15) is 0 Å². The van der Waals surface area contributed by atoms with E-state index in [1.807, 2.05) is 0 Å². The second-order valence-electron chi connectivity index (χ2n) is 7.61. The van der Waals surface area contributed by atoms with Gasteiger partial charge in [0.25, 0.3) is 0 Å². The molecule has 0 aliphatic carbocycles. The third-order valence-corrected chi connectivity index (χ3v) is 7.35. The summed E-state index contributed by atoms with van der Waals surface area (Å²) in [5.74, 6) is -1.64. The van der Waals surface area contributed by atoms with Crippen molar-refractivity contribution >= 4 is 20.2 Å². The van der Waals surface area contributed by atoms with Crippen molar-refractivity contribution in [3.8, 4) is 22.6 Å². The highest BCUT2D eigenvalue weighted by atomic mass is 32.2. The van der Waals surface area contributed by atoms with E-state index in [2.05, 4.69) is 8.37 Å². The lowest BCUT2D eigenvalue weighted by Gasteiger charge is -2.22. The second kappa shape index (κ2) is 8.63. The van der Waals surface area contributed by atoms with Crippen LogP contribution in [0.5, 0.6) is 11.5 Å². The minimum atomic E-state index is -6.17. The van der Waals surface area contributed by atoms with E-state index in [4.69, 9.17) is 0 Å². The number of halogens is 6. The predicted molar refractivity (Wildman–Crippen MR) is 112 cm³/mol. The standard InChI is InChI=1S/C20H20F6O6S2/c1-9-7-15(17(13(5)11(9)3)31-33(27,28)19(21,22)23)16-8-10(2)12(4)14(6)18(16)32-34(29,30)20(24,25)26/h7-8H,1-6H3. The van der Waals surface area contributed by atoms with Crippen molar-refractivity contribution in [2.45, 2.75) is 52.6 Å². The molecule has 6 nitrogen and oxygen atoms in total. The fraction of sp³-hybridized carbons (Fsp3) is 0.400. The number of alkyl halides is 6. The summed E-state index contributed by atoms with van der Waals surface area (Å²) in [5.41, 5.74) is -11.0. The van der Waals surface area contributed by atoms with E-state index in [9.17, 15) is 43.2 Å². The van der Waals surface area contributed by atoms with E-state index >= 15 is 0 Å². The van der Waals surface area contributed by atoms with Crippen LogP contribution in [0.4, 0.5) is 26.3 Å². The van der Waals surface area contributed by atoms with Gasteiger partial charge >= 0.3 is 31.3 Å².